The van der Waals surface area contributed by atoms with E-state index in [0.717, 1.165) is 21.1 Å². The number of aromatic amines is 1. The lowest BCUT2D eigenvalue weighted by Crippen LogP contribution is -2.09. The third-order valence-corrected chi connectivity index (χ3v) is 6.87. The number of aromatic nitrogens is 5. The van der Waals surface area contributed by atoms with Crippen LogP contribution in [0.2, 0.25) is 0 Å². The zero-order valence-corrected chi connectivity index (χ0v) is 17.8. The quantitative estimate of drug-likeness (QED) is 0.350. The molecule has 3 aromatic heterocycles. The van der Waals surface area contributed by atoms with E-state index in [1.54, 1.807) is 6.92 Å². The van der Waals surface area contributed by atoms with Crippen LogP contribution in [0.5, 0.6) is 0 Å². The van der Waals surface area contributed by atoms with Crippen molar-refractivity contribution >= 4 is 51.0 Å². The lowest BCUT2D eigenvalue weighted by Gasteiger charge is -2.04. The summed E-state index contributed by atoms with van der Waals surface area (Å²) in [6, 6.07) is 0. The van der Waals surface area contributed by atoms with Crippen molar-refractivity contribution in [1.82, 2.24) is 24.7 Å². The molecule has 0 aliphatic rings. The molecule has 3 rings (SSSR count). The Kier molecular flexibility index (Phi) is 6.22. The third kappa shape index (κ3) is 4.36. The maximum atomic E-state index is 12.3. The third-order valence-electron chi connectivity index (χ3n) is 3.90. The molecule has 0 unspecified atom stereocenters. The Hall–Kier alpha value is -1.85. The van der Waals surface area contributed by atoms with Crippen LogP contribution in [-0.4, -0.2) is 43.1 Å². The van der Waals surface area contributed by atoms with Crippen LogP contribution in [0.1, 0.15) is 23.2 Å². The molecule has 0 aliphatic carbocycles. The number of fused-ring (bicyclic) bond motifs is 1. The van der Waals surface area contributed by atoms with Crippen LogP contribution in [0.25, 0.3) is 10.2 Å². The number of ether oxygens (including phenoxy) is 1. The van der Waals surface area contributed by atoms with Crippen molar-refractivity contribution in [2.75, 3.05) is 12.4 Å². The molecule has 3 aromatic rings. The van der Waals surface area contributed by atoms with Gasteiger partial charge in [0, 0.05) is 11.9 Å². The van der Waals surface area contributed by atoms with Crippen LogP contribution in [0.3, 0.4) is 0 Å². The molecule has 8 nitrogen and oxygen atoms in total. The van der Waals surface area contributed by atoms with Gasteiger partial charge in [-0.05, 0) is 26.3 Å². The lowest BCUT2D eigenvalue weighted by atomic mass is 10.2. The molecule has 0 spiro atoms. The molecule has 27 heavy (non-hydrogen) atoms. The van der Waals surface area contributed by atoms with Gasteiger partial charge in [0.05, 0.1) is 23.5 Å². The number of thiophene rings is 1. The number of nitrogens with zero attached hydrogens (tertiary/aromatic N) is 4. The van der Waals surface area contributed by atoms with Crippen molar-refractivity contribution in [3.8, 4) is 0 Å². The first-order valence-corrected chi connectivity index (χ1v) is 11.0. The van der Waals surface area contributed by atoms with Crippen LogP contribution < -0.4 is 5.56 Å². The highest BCUT2D eigenvalue weighted by Gasteiger charge is 2.15. The molecule has 144 valence electrons. The second kappa shape index (κ2) is 8.44. The van der Waals surface area contributed by atoms with Gasteiger partial charge in [-0.1, -0.05) is 23.5 Å². The SMILES string of the molecule is CCOC(=O)CSc1nnc(CSc2nc3sc(C)c(C)c3c(=O)[nH]2)n1C. The summed E-state index contributed by atoms with van der Waals surface area (Å²) in [6.07, 6.45) is 0. The maximum Gasteiger partial charge on any atom is 0.316 e. The fraction of sp³-hybridized carbons (Fsp3) is 0.438. The van der Waals surface area contributed by atoms with E-state index in [4.69, 9.17) is 4.74 Å². The first-order valence-electron chi connectivity index (χ1n) is 8.20. The van der Waals surface area contributed by atoms with E-state index in [-0.39, 0.29) is 17.3 Å². The summed E-state index contributed by atoms with van der Waals surface area (Å²) >= 11 is 4.20. The predicted octanol–water partition coefficient (Wildman–Crippen LogP) is 2.68. The van der Waals surface area contributed by atoms with E-state index in [1.807, 2.05) is 25.5 Å². The number of nitrogens with one attached hydrogen (secondary N) is 1. The molecular formula is C16H19N5O3S3. The van der Waals surface area contributed by atoms with Crippen LogP contribution in [0.4, 0.5) is 0 Å². The molecule has 0 bridgehead atoms. The van der Waals surface area contributed by atoms with Crippen molar-refractivity contribution in [3.05, 3.63) is 26.6 Å². The summed E-state index contributed by atoms with van der Waals surface area (Å²) in [6.45, 7) is 6.06. The molecule has 3 heterocycles. The summed E-state index contributed by atoms with van der Waals surface area (Å²) in [7, 11) is 1.84. The highest BCUT2D eigenvalue weighted by molar-refractivity contribution is 7.99. The largest absolute Gasteiger partial charge is 0.465 e. The Morgan fingerprint density at radius 3 is 2.81 bits per heavy atom. The molecule has 0 saturated carbocycles. The number of rotatable bonds is 7. The molecule has 0 aliphatic heterocycles. The fourth-order valence-electron chi connectivity index (χ4n) is 2.36. The second-order valence-electron chi connectivity index (χ2n) is 5.67. The summed E-state index contributed by atoms with van der Waals surface area (Å²) in [4.78, 5) is 33.0. The Morgan fingerprint density at radius 2 is 2.07 bits per heavy atom. The Bertz CT molecular complexity index is 1040. The molecule has 0 fully saturated rings. The average Bonchev–Trinajstić information content (AvgIpc) is 3.11. The number of hydrogen-bond donors (Lipinski definition) is 1. The van der Waals surface area contributed by atoms with Gasteiger partial charge < -0.3 is 14.3 Å². The van der Waals surface area contributed by atoms with Gasteiger partial charge in [0.1, 0.15) is 10.7 Å². The minimum atomic E-state index is -0.280. The number of carbonyl (C=O) groups excluding carboxylic acids is 1. The van der Waals surface area contributed by atoms with Crippen molar-refractivity contribution in [2.24, 2.45) is 7.05 Å². The molecule has 0 aromatic carbocycles. The first kappa shape index (κ1) is 19.9. The molecule has 0 atom stereocenters. The van der Waals surface area contributed by atoms with Crippen LogP contribution in [0, 0.1) is 13.8 Å². The Morgan fingerprint density at radius 1 is 1.30 bits per heavy atom. The zero-order valence-electron chi connectivity index (χ0n) is 15.4. The van der Waals surface area contributed by atoms with E-state index in [1.165, 1.54) is 34.9 Å². The van der Waals surface area contributed by atoms with Crippen molar-refractivity contribution in [3.63, 3.8) is 0 Å². The molecule has 0 amide bonds. The van der Waals surface area contributed by atoms with Gasteiger partial charge in [0.15, 0.2) is 10.3 Å². The monoisotopic (exact) mass is 425 g/mol. The highest BCUT2D eigenvalue weighted by Crippen LogP contribution is 2.28. The Balaban J connectivity index is 1.69. The standard InChI is InChI=1S/C16H19N5O3S3/c1-5-24-11(22)7-26-16-20-19-10(21(16)4)6-25-15-17-13(23)12-8(2)9(3)27-14(12)18-15/h5-7H2,1-4H3,(H,17,18,23). The van der Waals surface area contributed by atoms with Crippen LogP contribution >= 0.6 is 34.9 Å². The minimum Gasteiger partial charge on any atom is -0.465 e. The Labute approximate surface area is 168 Å². The lowest BCUT2D eigenvalue weighted by molar-refractivity contribution is -0.139. The normalized spacial score (nSPS) is 11.3. The van der Waals surface area contributed by atoms with E-state index in [0.29, 0.717) is 28.1 Å². The van der Waals surface area contributed by atoms with Gasteiger partial charge in [-0.2, -0.15) is 0 Å². The summed E-state index contributed by atoms with van der Waals surface area (Å²) < 4.78 is 6.74. The van der Waals surface area contributed by atoms with Gasteiger partial charge in [-0.25, -0.2) is 4.98 Å². The van der Waals surface area contributed by atoms with Crippen LogP contribution in [0.15, 0.2) is 15.1 Å². The highest BCUT2D eigenvalue weighted by atomic mass is 32.2. The van der Waals surface area contributed by atoms with E-state index in [2.05, 4.69) is 20.2 Å². The maximum absolute atomic E-state index is 12.3. The van der Waals surface area contributed by atoms with Crippen molar-refractivity contribution in [1.29, 1.82) is 0 Å². The number of thioether (sulfide) groups is 2. The zero-order chi connectivity index (χ0) is 19.6. The van der Waals surface area contributed by atoms with Gasteiger partial charge in [0.25, 0.3) is 5.56 Å². The molecule has 1 N–H and O–H groups in total. The van der Waals surface area contributed by atoms with E-state index < -0.39 is 0 Å². The van der Waals surface area contributed by atoms with Gasteiger partial charge in [0.2, 0.25) is 0 Å². The number of esters is 1. The number of hydrogen-bond acceptors (Lipinski definition) is 9. The van der Waals surface area contributed by atoms with Crippen LogP contribution in [-0.2, 0) is 22.3 Å². The summed E-state index contributed by atoms with van der Waals surface area (Å²) in [5, 5.41) is 10.1. The minimum absolute atomic E-state index is 0.118. The molecule has 11 heteroatoms. The van der Waals surface area contributed by atoms with E-state index in [9.17, 15) is 9.59 Å². The average molecular weight is 426 g/mol. The molecule has 0 saturated heterocycles. The molecule has 0 radical (unpaired) electrons. The predicted molar refractivity (Wildman–Crippen MR) is 108 cm³/mol. The number of H-pyrrole nitrogens is 1. The fourth-order valence-corrected chi connectivity index (χ4v) is 5.01. The van der Waals surface area contributed by atoms with Crippen molar-refractivity contribution < 1.29 is 9.53 Å². The second-order valence-corrected chi connectivity index (χ2v) is 8.78. The van der Waals surface area contributed by atoms with E-state index >= 15 is 0 Å². The van der Waals surface area contributed by atoms with Gasteiger partial charge in [-0.15, -0.1) is 21.5 Å². The summed E-state index contributed by atoms with van der Waals surface area (Å²) in [5.41, 5.74) is 0.866. The number of carbonyl (C=O) groups is 1. The van der Waals surface area contributed by atoms with Crippen molar-refractivity contribution in [2.45, 2.75) is 36.8 Å². The first-order chi connectivity index (χ1) is 12.9. The topological polar surface area (TPSA) is 103 Å². The smallest absolute Gasteiger partial charge is 0.316 e. The van der Waals surface area contributed by atoms with Gasteiger partial charge in [-0.3, -0.25) is 9.59 Å². The molecular weight excluding hydrogens is 406 g/mol. The number of aryl methyl sites for hydroxylation is 2. The summed E-state index contributed by atoms with van der Waals surface area (Å²) in [5.74, 6) is 1.14. The van der Waals surface area contributed by atoms with Gasteiger partial charge >= 0.3 is 5.97 Å².